The van der Waals surface area contributed by atoms with Crippen molar-refractivity contribution in [3.63, 3.8) is 0 Å². The summed E-state index contributed by atoms with van der Waals surface area (Å²) >= 11 is 0. The molecule has 0 saturated carbocycles. The number of benzene rings is 10. The Morgan fingerprint density at radius 2 is 0.929 bits per heavy atom. The van der Waals surface area contributed by atoms with Gasteiger partial charge in [-0.1, -0.05) is 139 Å². The first-order chi connectivity index (χ1) is 34.3. The molecule has 330 valence electrons. The summed E-state index contributed by atoms with van der Waals surface area (Å²) in [6.45, 7) is 11.2. The third kappa shape index (κ3) is 5.10. The van der Waals surface area contributed by atoms with Gasteiger partial charge >= 0.3 is 0 Å². The predicted molar refractivity (Wildman–Crippen MR) is 295 cm³/mol. The monoisotopic (exact) mass is 893 g/mol. The molecule has 11 aromatic rings. The molecule has 70 heavy (non-hydrogen) atoms. The summed E-state index contributed by atoms with van der Waals surface area (Å²) < 4.78 is 2.46. The van der Waals surface area contributed by atoms with Crippen LogP contribution in [0.5, 0.6) is 0 Å². The van der Waals surface area contributed by atoms with E-state index < -0.39 is 5.41 Å². The molecular weight excluding hydrogens is 846 g/mol. The second-order valence-corrected chi connectivity index (χ2v) is 20.4. The first-order valence-corrected chi connectivity index (χ1v) is 24.8. The second-order valence-electron chi connectivity index (χ2n) is 20.4. The van der Waals surface area contributed by atoms with Crippen LogP contribution < -0.4 is 26.2 Å². The van der Waals surface area contributed by atoms with Gasteiger partial charge in [-0.05, 0) is 184 Å². The van der Waals surface area contributed by atoms with Crippen LogP contribution in [-0.2, 0) is 5.41 Å². The Balaban J connectivity index is 1.04. The molecule has 10 aromatic carbocycles. The molecule has 1 aromatic heterocycles. The maximum Gasteiger partial charge on any atom is 0.252 e. The summed E-state index contributed by atoms with van der Waals surface area (Å²) in [7, 11) is 0. The van der Waals surface area contributed by atoms with Crippen molar-refractivity contribution in [1.82, 2.24) is 4.57 Å². The number of aromatic nitrogens is 1. The van der Waals surface area contributed by atoms with Crippen molar-refractivity contribution in [2.24, 2.45) is 0 Å². The van der Waals surface area contributed by atoms with Crippen molar-refractivity contribution in [2.45, 2.75) is 40.0 Å². The van der Waals surface area contributed by atoms with Gasteiger partial charge in [-0.15, -0.1) is 0 Å². The van der Waals surface area contributed by atoms with E-state index in [-0.39, 0.29) is 6.71 Å². The van der Waals surface area contributed by atoms with E-state index in [1.165, 1.54) is 150 Å². The molecule has 1 spiro atoms. The summed E-state index contributed by atoms with van der Waals surface area (Å²) in [5.41, 5.74) is 31.3. The molecule has 0 radical (unpaired) electrons. The van der Waals surface area contributed by atoms with Crippen LogP contribution in [0.2, 0.25) is 0 Å². The minimum atomic E-state index is -0.540. The highest BCUT2D eigenvalue weighted by Crippen LogP contribution is 2.64. The maximum atomic E-state index is 2.63. The van der Waals surface area contributed by atoms with E-state index in [1.807, 2.05) is 0 Å². The quantitative estimate of drug-likeness (QED) is 0.164. The van der Waals surface area contributed by atoms with Gasteiger partial charge in [-0.2, -0.15) is 0 Å². The number of hydrogen-bond acceptors (Lipinski definition) is 2. The van der Waals surface area contributed by atoms with Crippen molar-refractivity contribution in [3.8, 4) is 27.9 Å². The largest absolute Gasteiger partial charge is 0.311 e. The van der Waals surface area contributed by atoms with Crippen LogP contribution in [0.3, 0.4) is 0 Å². The normalized spacial score (nSPS) is 15.5. The summed E-state index contributed by atoms with van der Waals surface area (Å²) in [5, 5.41) is 2.55. The van der Waals surface area contributed by atoms with Crippen molar-refractivity contribution in [1.29, 1.82) is 0 Å². The molecule has 2 aliphatic heterocycles. The van der Waals surface area contributed by atoms with Crippen LogP contribution in [-0.4, -0.2) is 11.3 Å². The smallest absolute Gasteiger partial charge is 0.252 e. The molecule has 15 rings (SSSR count). The zero-order valence-electron chi connectivity index (χ0n) is 40.0. The number of rotatable bonds is 3. The number of aryl methyl sites for hydroxylation is 5. The van der Waals surface area contributed by atoms with Gasteiger partial charge in [0, 0.05) is 50.6 Å². The minimum Gasteiger partial charge on any atom is -0.311 e. The molecule has 2 aliphatic carbocycles. The highest BCUT2D eigenvalue weighted by atomic mass is 15.2. The highest BCUT2D eigenvalue weighted by molar-refractivity contribution is 7.00. The lowest BCUT2D eigenvalue weighted by Gasteiger charge is -2.45. The van der Waals surface area contributed by atoms with Gasteiger partial charge in [-0.25, -0.2) is 0 Å². The third-order valence-corrected chi connectivity index (χ3v) is 16.3. The molecular formula is C66H48BN3. The van der Waals surface area contributed by atoms with Gasteiger partial charge in [0.1, 0.15) is 0 Å². The standard InChI is InChI=1S/C66H48BN3/c1-39-15-14-16-44(32-39)69-61-33-41(3)25-29-56(61)67-57-37-51-47-18-7-11-22-53(47)66(55(51)38-62(57)70(58-30-26-40(2)31-43(58)5)64-35-42(4)34-63(69)65(64)67)52-21-10-6-17-46(52)50-36-45(27-28-54(50)66)68-59-23-12-8-19-48(59)49-20-9-13-24-60(49)68/h6-38H,1-5H3. The first kappa shape index (κ1) is 39.6. The molecule has 0 fully saturated rings. The molecule has 3 heterocycles. The zero-order chi connectivity index (χ0) is 46.7. The van der Waals surface area contributed by atoms with Crippen LogP contribution in [0.1, 0.15) is 50.1 Å². The van der Waals surface area contributed by atoms with E-state index in [0.717, 1.165) is 0 Å². The number of nitrogens with zero attached hydrogens (tertiary/aromatic N) is 3. The fraction of sp³-hybridized carbons (Fsp3) is 0.0909. The van der Waals surface area contributed by atoms with Crippen molar-refractivity contribution >= 4 is 79.0 Å². The Hall–Kier alpha value is -8.34. The van der Waals surface area contributed by atoms with Gasteiger partial charge in [0.25, 0.3) is 6.71 Å². The van der Waals surface area contributed by atoms with E-state index in [0.29, 0.717) is 0 Å². The molecule has 1 unspecified atom stereocenters. The SMILES string of the molecule is Cc1cccc(N2c3cc(C)ccc3B3c4cc5c(cc4N(c4ccc(C)cc4C)c4cc(C)cc2c43)C2(c3ccccc3-c3cc(-n4c6ccccc6c6ccccc64)ccc32)c2ccccc2-5)c1. The number of hydrogen-bond donors (Lipinski definition) is 0. The fourth-order valence-electron chi connectivity index (χ4n) is 13.6. The summed E-state index contributed by atoms with van der Waals surface area (Å²) in [5.74, 6) is 0. The number of anilines is 6. The van der Waals surface area contributed by atoms with Crippen LogP contribution in [0, 0.1) is 34.6 Å². The molecule has 0 N–H and O–H groups in total. The average Bonchev–Trinajstić information content (AvgIpc) is 3.97. The predicted octanol–water partition coefficient (Wildman–Crippen LogP) is 14.8. The lowest BCUT2D eigenvalue weighted by atomic mass is 9.33. The van der Waals surface area contributed by atoms with Crippen molar-refractivity contribution in [3.05, 3.63) is 250 Å². The number of para-hydroxylation sites is 2. The van der Waals surface area contributed by atoms with Gasteiger partial charge < -0.3 is 14.4 Å². The van der Waals surface area contributed by atoms with Gasteiger partial charge in [0.05, 0.1) is 16.4 Å². The van der Waals surface area contributed by atoms with Gasteiger partial charge in [-0.3, -0.25) is 0 Å². The Morgan fingerprint density at radius 1 is 0.343 bits per heavy atom. The highest BCUT2D eigenvalue weighted by Gasteiger charge is 2.53. The molecule has 3 nitrogen and oxygen atoms in total. The van der Waals surface area contributed by atoms with Gasteiger partial charge in [0.2, 0.25) is 0 Å². The summed E-state index contributed by atoms with van der Waals surface area (Å²) in [6.07, 6.45) is 0. The van der Waals surface area contributed by atoms with Crippen LogP contribution in [0.25, 0.3) is 49.7 Å². The summed E-state index contributed by atoms with van der Waals surface area (Å²) in [6, 6.07) is 76.9. The lowest BCUT2D eigenvalue weighted by molar-refractivity contribution is 0.793. The Labute approximate surface area is 409 Å². The second kappa shape index (κ2) is 14.1. The van der Waals surface area contributed by atoms with E-state index in [1.54, 1.807) is 0 Å². The maximum absolute atomic E-state index is 2.63. The number of fused-ring (bicyclic) bond motifs is 17. The third-order valence-electron chi connectivity index (χ3n) is 16.3. The molecule has 0 amide bonds. The molecule has 0 bridgehead atoms. The summed E-state index contributed by atoms with van der Waals surface area (Å²) in [4.78, 5) is 5.17. The van der Waals surface area contributed by atoms with E-state index in [9.17, 15) is 0 Å². The van der Waals surface area contributed by atoms with Gasteiger partial charge in [0.15, 0.2) is 0 Å². The van der Waals surface area contributed by atoms with Crippen molar-refractivity contribution < 1.29 is 0 Å². The average molecular weight is 894 g/mol. The zero-order valence-corrected chi connectivity index (χ0v) is 40.0. The molecule has 0 saturated heterocycles. The molecule has 4 aliphatic rings. The van der Waals surface area contributed by atoms with Crippen molar-refractivity contribution in [2.75, 3.05) is 9.80 Å². The van der Waals surface area contributed by atoms with Crippen LogP contribution in [0.15, 0.2) is 200 Å². The fourth-order valence-corrected chi connectivity index (χ4v) is 13.6. The van der Waals surface area contributed by atoms with Crippen LogP contribution in [0.4, 0.5) is 34.1 Å². The molecule has 1 atom stereocenters. The molecule has 4 heteroatoms. The minimum absolute atomic E-state index is 0.00482. The Kier molecular flexibility index (Phi) is 8.00. The Morgan fingerprint density at radius 3 is 1.64 bits per heavy atom. The first-order valence-electron chi connectivity index (χ1n) is 24.8. The van der Waals surface area contributed by atoms with Crippen LogP contribution >= 0.6 is 0 Å². The lowest BCUT2D eigenvalue weighted by Crippen LogP contribution is -2.61. The van der Waals surface area contributed by atoms with E-state index >= 15 is 0 Å². The van der Waals surface area contributed by atoms with E-state index in [2.05, 4.69) is 249 Å². The topological polar surface area (TPSA) is 11.4 Å². The Bertz CT molecular complexity index is 4060. The van der Waals surface area contributed by atoms with E-state index in [4.69, 9.17) is 0 Å².